The van der Waals surface area contributed by atoms with Gasteiger partial charge in [0.1, 0.15) is 18.1 Å². The molecule has 0 spiro atoms. The fraction of sp³-hybridized carbons (Fsp3) is 0.227. The van der Waals surface area contributed by atoms with E-state index in [1.807, 2.05) is 6.92 Å². The van der Waals surface area contributed by atoms with E-state index in [1.165, 1.54) is 30.3 Å². The topological polar surface area (TPSA) is 109 Å². The van der Waals surface area contributed by atoms with Crippen LogP contribution in [0.3, 0.4) is 0 Å². The van der Waals surface area contributed by atoms with Crippen molar-refractivity contribution in [1.82, 2.24) is 5.16 Å². The number of hydrogen-bond donors (Lipinski definition) is 1. The lowest BCUT2D eigenvalue weighted by Gasteiger charge is -2.08. The van der Waals surface area contributed by atoms with Gasteiger partial charge in [0, 0.05) is 11.8 Å². The van der Waals surface area contributed by atoms with Crippen LogP contribution >= 0.6 is 0 Å². The molecule has 33 heavy (non-hydrogen) atoms. The van der Waals surface area contributed by atoms with Crippen LogP contribution < -0.4 is 19.5 Å². The Bertz CT molecular complexity index is 1170. The van der Waals surface area contributed by atoms with Crippen molar-refractivity contribution in [3.05, 3.63) is 65.0 Å². The number of fused-ring (bicyclic) bond motifs is 1. The zero-order chi connectivity index (χ0) is 23.6. The second-order valence-corrected chi connectivity index (χ2v) is 7.07. The molecule has 0 radical (unpaired) electrons. The maximum absolute atomic E-state index is 13.1. The molecule has 2 heterocycles. The number of hydrogen-bond acceptors (Lipinski definition) is 8. The molecule has 0 saturated heterocycles. The van der Waals surface area contributed by atoms with Crippen LogP contribution in [0.15, 0.2) is 47.0 Å². The van der Waals surface area contributed by atoms with Crippen LogP contribution in [0.5, 0.6) is 17.2 Å². The highest BCUT2D eigenvalue weighted by Crippen LogP contribution is 2.42. The number of amides is 1. The number of alkyl halides is 2. The van der Waals surface area contributed by atoms with E-state index < -0.39 is 24.8 Å². The summed E-state index contributed by atoms with van der Waals surface area (Å²) < 4.78 is 50.5. The Labute approximate surface area is 186 Å². The highest BCUT2D eigenvalue weighted by molar-refractivity contribution is 5.95. The molecule has 1 aliphatic rings. The summed E-state index contributed by atoms with van der Waals surface area (Å²) in [6, 6.07) is 9.95. The predicted octanol–water partition coefficient (Wildman–Crippen LogP) is 3.99. The second-order valence-electron chi connectivity index (χ2n) is 7.07. The van der Waals surface area contributed by atoms with Crippen LogP contribution in [-0.2, 0) is 16.1 Å². The number of nitrogens with zero attached hydrogens (tertiary/aromatic N) is 1. The summed E-state index contributed by atoms with van der Waals surface area (Å²) in [5, 5.41) is 6.28. The number of benzene rings is 2. The maximum Gasteiger partial charge on any atom is 0.586 e. The quantitative estimate of drug-likeness (QED) is 0.528. The van der Waals surface area contributed by atoms with Gasteiger partial charge in [-0.15, -0.1) is 8.78 Å². The van der Waals surface area contributed by atoms with Crippen molar-refractivity contribution in [2.75, 3.05) is 11.9 Å². The molecule has 2 aromatic carbocycles. The molecule has 1 aromatic heterocycles. The van der Waals surface area contributed by atoms with Crippen molar-refractivity contribution < 1.29 is 41.8 Å². The largest absolute Gasteiger partial charge is 0.586 e. The molecule has 0 unspecified atom stereocenters. The fourth-order valence-electron chi connectivity index (χ4n) is 2.99. The minimum absolute atomic E-state index is 0.149. The van der Waals surface area contributed by atoms with Gasteiger partial charge < -0.3 is 28.8 Å². The predicted molar refractivity (Wildman–Crippen MR) is 108 cm³/mol. The molecule has 0 aliphatic carbocycles. The zero-order valence-electron chi connectivity index (χ0n) is 17.5. The van der Waals surface area contributed by atoms with E-state index in [4.69, 9.17) is 14.0 Å². The van der Waals surface area contributed by atoms with Gasteiger partial charge in [-0.3, -0.25) is 4.79 Å². The molecular weight excluding hydrogens is 442 g/mol. The third kappa shape index (κ3) is 5.20. The van der Waals surface area contributed by atoms with Crippen LogP contribution in [0.25, 0.3) is 0 Å². The molecule has 0 fully saturated rings. The van der Waals surface area contributed by atoms with Gasteiger partial charge >= 0.3 is 12.3 Å². The first kappa shape index (κ1) is 22.1. The number of anilines is 1. The monoisotopic (exact) mass is 460 g/mol. The third-order valence-corrected chi connectivity index (χ3v) is 4.67. The first-order valence-electron chi connectivity index (χ1n) is 9.72. The molecule has 3 aromatic rings. The van der Waals surface area contributed by atoms with E-state index >= 15 is 0 Å². The van der Waals surface area contributed by atoms with Gasteiger partial charge in [0.05, 0.1) is 16.8 Å². The summed E-state index contributed by atoms with van der Waals surface area (Å²) in [7, 11) is 0. The molecule has 1 N–H and O–H groups in total. The minimum Gasteiger partial charge on any atom is -0.489 e. The number of rotatable bonds is 7. The van der Waals surface area contributed by atoms with Crippen LogP contribution in [0.4, 0.5) is 14.5 Å². The molecule has 172 valence electrons. The highest BCUT2D eigenvalue weighted by atomic mass is 19.3. The molecule has 9 nitrogen and oxygen atoms in total. The summed E-state index contributed by atoms with van der Waals surface area (Å²) in [5.74, 6) is -0.543. The SMILES string of the molecule is Cc1noc(C)c1COc1ccc(C(=O)OCC(=O)Nc2ccc3c(c2)OC(F)(F)O3)cc1. The molecule has 1 amide bonds. The molecular formula is C22H18F2N2O7. The second kappa shape index (κ2) is 8.77. The lowest BCUT2D eigenvalue weighted by Crippen LogP contribution is -2.25. The van der Waals surface area contributed by atoms with E-state index in [0.29, 0.717) is 11.5 Å². The molecule has 0 saturated carbocycles. The number of carbonyl (C=O) groups is 2. The Hall–Kier alpha value is -4.15. The van der Waals surface area contributed by atoms with Crippen molar-refractivity contribution in [2.24, 2.45) is 0 Å². The zero-order valence-corrected chi connectivity index (χ0v) is 17.5. The summed E-state index contributed by atoms with van der Waals surface area (Å²) in [6.45, 7) is 3.30. The average Bonchev–Trinajstić information content (AvgIpc) is 3.26. The van der Waals surface area contributed by atoms with Crippen molar-refractivity contribution in [3.63, 3.8) is 0 Å². The van der Waals surface area contributed by atoms with Crippen molar-refractivity contribution in [3.8, 4) is 17.2 Å². The van der Waals surface area contributed by atoms with Crippen LogP contribution in [0.2, 0.25) is 0 Å². The number of ether oxygens (including phenoxy) is 4. The van der Waals surface area contributed by atoms with Crippen molar-refractivity contribution in [2.45, 2.75) is 26.7 Å². The normalized spacial score (nSPS) is 13.5. The van der Waals surface area contributed by atoms with Gasteiger partial charge in [-0.2, -0.15) is 0 Å². The first-order valence-corrected chi connectivity index (χ1v) is 9.72. The third-order valence-electron chi connectivity index (χ3n) is 4.67. The van der Waals surface area contributed by atoms with E-state index in [0.717, 1.165) is 11.3 Å². The summed E-state index contributed by atoms with van der Waals surface area (Å²) in [6.07, 6.45) is -3.75. The standard InChI is InChI=1S/C22H18F2N2O7/c1-12-17(13(2)33-26-12)10-29-16-6-3-14(4-7-16)21(28)30-11-20(27)25-15-5-8-18-19(9-15)32-22(23,24)31-18/h3-9H,10-11H2,1-2H3,(H,25,27). The number of carbonyl (C=O) groups excluding carboxylic acids is 2. The average molecular weight is 460 g/mol. The molecule has 1 aliphatic heterocycles. The Morgan fingerprint density at radius 1 is 1.06 bits per heavy atom. The molecule has 0 atom stereocenters. The van der Waals surface area contributed by atoms with Gasteiger partial charge in [-0.1, -0.05) is 5.16 Å². The lowest BCUT2D eigenvalue weighted by molar-refractivity contribution is -0.286. The number of halogens is 2. The number of aryl methyl sites for hydroxylation is 2. The van der Waals surface area contributed by atoms with E-state index in [2.05, 4.69) is 19.9 Å². The van der Waals surface area contributed by atoms with E-state index in [9.17, 15) is 18.4 Å². The number of esters is 1. The van der Waals surface area contributed by atoms with Gasteiger partial charge in [-0.25, -0.2) is 4.79 Å². The molecule has 4 rings (SSSR count). The smallest absolute Gasteiger partial charge is 0.489 e. The van der Waals surface area contributed by atoms with Crippen LogP contribution in [-0.4, -0.2) is 29.9 Å². The van der Waals surface area contributed by atoms with Crippen LogP contribution in [0.1, 0.15) is 27.4 Å². The van der Waals surface area contributed by atoms with E-state index in [-0.39, 0.29) is 29.4 Å². The summed E-state index contributed by atoms with van der Waals surface area (Å²) in [4.78, 5) is 24.2. The molecule has 11 heteroatoms. The summed E-state index contributed by atoms with van der Waals surface area (Å²) >= 11 is 0. The van der Waals surface area contributed by atoms with Crippen LogP contribution in [0, 0.1) is 13.8 Å². The van der Waals surface area contributed by atoms with Gasteiger partial charge in [-0.05, 0) is 50.2 Å². The Morgan fingerprint density at radius 3 is 2.48 bits per heavy atom. The lowest BCUT2D eigenvalue weighted by atomic mass is 10.2. The molecule has 0 bridgehead atoms. The number of aromatic nitrogens is 1. The van der Waals surface area contributed by atoms with E-state index in [1.54, 1.807) is 19.1 Å². The fourth-order valence-corrected chi connectivity index (χ4v) is 2.99. The highest BCUT2D eigenvalue weighted by Gasteiger charge is 2.43. The van der Waals surface area contributed by atoms with Gasteiger partial charge in [0.15, 0.2) is 18.1 Å². The Balaban J connectivity index is 1.26. The minimum atomic E-state index is -3.75. The number of nitrogens with one attached hydrogen (secondary N) is 1. The first-order chi connectivity index (χ1) is 15.7. The van der Waals surface area contributed by atoms with Crippen molar-refractivity contribution in [1.29, 1.82) is 0 Å². The maximum atomic E-state index is 13.1. The van der Waals surface area contributed by atoms with Crippen molar-refractivity contribution >= 4 is 17.6 Å². The van der Waals surface area contributed by atoms with Gasteiger partial charge in [0.25, 0.3) is 5.91 Å². The van der Waals surface area contributed by atoms with Gasteiger partial charge in [0.2, 0.25) is 0 Å². The Kier molecular flexibility index (Phi) is 5.86. The summed E-state index contributed by atoms with van der Waals surface area (Å²) in [5.41, 5.74) is 1.99. The Morgan fingerprint density at radius 2 is 1.79 bits per heavy atom.